The van der Waals surface area contributed by atoms with E-state index in [1.54, 1.807) is 10.9 Å². The van der Waals surface area contributed by atoms with E-state index in [4.69, 9.17) is 9.47 Å². The van der Waals surface area contributed by atoms with Crippen molar-refractivity contribution in [3.63, 3.8) is 0 Å². The molecule has 22 heavy (non-hydrogen) atoms. The number of carbonyl (C=O) groups is 2. The van der Waals surface area contributed by atoms with Crippen LogP contribution >= 0.6 is 0 Å². The minimum Gasteiger partial charge on any atom is -0.469 e. The second kappa shape index (κ2) is 10.9. The summed E-state index contributed by atoms with van der Waals surface area (Å²) in [6.45, 7) is 3.99. The third-order valence-corrected chi connectivity index (χ3v) is 2.83. The first-order valence-electron chi connectivity index (χ1n) is 7.22. The molecule has 1 rings (SSSR count). The van der Waals surface area contributed by atoms with Crippen molar-refractivity contribution in [3.05, 3.63) is 11.9 Å². The Morgan fingerprint density at radius 2 is 1.86 bits per heavy atom. The summed E-state index contributed by atoms with van der Waals surface area (Å²) in [5, 5.41) is 7.92. The largest absolute Gasteiger partial charge is 0.469 e. The van der Waals surface area contributed by atoms with Gasteiger partial charge in [-0.3, -0.25) is 9.59 Å². The van der Waals surface area contributed by atoms with Gasteiger partial charge in [0, 0.05) is 19.0 Å². The molecule has 124 valence electrons. The van der Waals surface area contributed by atoms with Gasteiger partial charge in [0.15, 0.2) is 0 Å². The maximum Gasteiger partial charge on any atom is 0.305 e. The second-order valence-electron chi connectivity index (χ2n) is 4.73. The van der Waals surface area contributed by atoms with Gasteiger partial charge in [0.05, 0.1) is 52.2 Å². The Morgan fingerprint density at radius 1 is 1.14 bits per heavy atom. The minimum atomic E-state index is -0.261. The molecule has 8 heteroatoms. The van der Waals surface area contributed by atoms with Gasteiger partial charge < -0.3 is 14.2 Å². The number of Topliss-reactive ketones (excluding diaryl/α,β-unsaturated/α-hetero) is 1. The number of aryl methyl sites for hydroxylation is 1. The zero-order chi connectivity index (χ0) is 16.2. The van der Waals surface area contributed by atoms with Crippen LogP contribution in [0, 0.1) is 0 Å². The Bertz CT molecular complexity index is 461. The monoisotopic (exact) mass is 313 g/mol. The van der Waals surface area contributed by atoms with Crippen LogP contribution in [0.2, 0.25) is 0 Å². The molecule has 1 heterocycles. The topological polar surface area (TPSA) is 92.5 Å². The summed E-state index contributed by atoms with van der Waals surface area (Å²) in [4.78, 5) is 21.7. The molecular weight excluding hydrogens is 290 g/mol. The highest BCUT2D eigenvalue weighted by atomic mass is 16.5. The number of ether oxygens (including phenoxy) is 3. The second-order valence-corrected chi connectivity index (χ2v) is 4.73. The molecular formula is C14H23N3O5. The van der Waals surface area contributed by atoms with Crippen LogP contribution in [-0.2, 0) is 36.8 Å². The number of hydrogen-bond donors (Lipinski definition) is 0. The van der Waals surface area contributed by atoms with Gasteiger partial charge in [0.1, 0.15) is 5.78 Å². The Labute approximate surface area is 129 Å². The highest BCUT2D eigenvalue weighted by Gasteiger charge is 2.05. The average molecular weight is 313 g/mol. The number of rotatable bonds is 12. The highest BCUT2D eigenvalue weighted by Crippen LogP contribution is 1.99. The quantitative estimate of drug-likeness (QED) is 0.407. The predicted molar refractivity (Wildman–Crippen MR) is 77.3 cm³/mol. The fourth-order valence-corrected chi connectivity index (χ4v) is 1.59. The SMILES string of the molecule is COC(=O)CCc1cn(CCOCCOCCC(C)=O)nn1. The molecule has 0 aliphatic carbocycles. The van der Waals surface area contributed by atoms with Crippen molar-refractivity contribution in [3.8, 4) is 0 Å². The average Bonchev–Trinajstić information content (AvgIpc) is 2.95. The third-order valence-electron chi connectivity index (χ3n) is 2.83. The number of ketones is 1. The molecule has 0 unspecified atom stereocenters. The fourth-order valence-electron chi connectivity index (χ4n) is 1.59. The van der Waals surface area contributed by atoms with E-state index >= 15 is 0 Å². The van der Waals surface area contributed by atoms with E-state index in [9.17, 15) is 9.59 Å². The normalized spacial score (nSPS) is 10.6. The Morgan fingerprint density at radius 3 is 2.55 bits per heavy atom. The summed E-state index contributed by atoms with van der Waals surface area (Å²) in [6.07, 6.45) is 3.03. The minimum absolute atomic E-state index is 0.120. The number of carbonyl (C=O) groups excluding carboxylic acids is 2. The summed E-state index contributed by atoms with van der Waals surface area (Å²) < 4.78 is 16.9. The molecule has 1 aromatic rings. The van der Waals surface area contributed by atoms with Gasteiger partial charge >= 0.3 is 5.97 Å². The molecule has 0 aromatic carbocycles. The molecule has 0 radical (unpaired) electrons. The van der Waals surface area contributed by atoms with E-state index in [2.05, 4.69) is 15.0 Å². The summed E-state index contributed by atoms with van der Waals surface area (Å²) in [6, 6.07) is 0. The van der Waals surface area contributed by atoms with Crippen LogP contribution in [0.5, 0.6) is 0 Å². The molecule has 1 aromatic heterocycles. The van der Waals surface area contributed by atoms with Crippen LogP contribution in [-0.4, -0.2) is 60.3 Å². The third kappa shape index (κ3) is 8.48. The van der Waals surface area contributed by atoms with Crippen LogP contribution < -0.4 is 0 Å². The lowest BCUT2D eigenvalue weighted by atomic mass is 10.2. The van der Waals surface area contributed by atoms with Crippen molar-refractivity contribution in [2.75, 3.05) is 33.5 Å². The van der Waals surface area contributed by atoms with Crippen LogP contribution in [0.15, 0.2) is 6.20 Å². The Balaban J connectivity index is 2.04. The fraction of sp³-hybridized carbons (Fsp3) is 0.714. The summed E-state index contributed by atoms with van der Waals surface area (Å²) in [5.74, 6) is -0.141. The molecule has 0 aliphatic rings. The van der Waals surface area contributed by atoms with Crippen molar-refractivity contribution in [2.24, 2.45) is 0 Å². The Kier molecular flexibility index (Phi) is 9.01. The molecule has 0 fully saturated rings. The molecule has 8 nitrogen and oxygen atoms in total. The standard InChI is InChI=1S/C14H23N3O5/c1-12(18)5-7-21-9-10-22-8-6-17-11-13(15-16-17)3-4-14(19)20-2/h11H,3-10H2,1-2H3. The smallest absolute Gasteiger partial charge is 0.305 e. The lowest BCUT2D eigenvalue weighted by Gasteiger charge is -2.05. The van der Waals surface area contributed by atoms with E-state index in [0.717, 1.165) is 5.69 Å². The first-order valence-corrected chi connectivity index (χ1v) is 7.22. The number of methoxy groups -OCH3 is 1. The maximum absolute atomic E-state index is 11.0. The summed E-state index contributed by atoms with van der Waals surface area (Å²) in [7, 11) is 1.36. The van der Waals surface area contributed by atoms with Crippen LogP contribution in [0.3, 0.4) is 0 Å². The van der Waals surface area contributed by atoms with Crippen molar-refractivity contribution >= 4 is 11.8 Å². The van der Waals surface area contributed by atoms with E-state index in [1.165, 1.54) is 14.0 Å². The first kappa shape index (κ1) is 18.2. The Hall–Kier alpha value is -1.80. The molecule has 0 N–H and O–H groups in total. The van der Waals surface area contributed by atoms with Crippen LogP contribution in [0.4, 0.5) is 0 Å². The molecule has 0 atom stereocenters. The van der Waals surface area contributed by atoms with Crippen molar-refractivity contribution in [2.45, 2.75) is 32.7 Å². The van der Waals surface area contributed by atoms with Crippen molar-refractivity contribution in [1.29, 1.82) is 0 Å². The van der Waals surface area contributed by atoms with Crippen LogP contribution in [0.1, 0.15) is 25.5 Å². The molecule has 0 amide bonds. The van der Waals surface area contributed by atoms with Gasteiger partial charge in [0.25, 0.3) is 0 Å². The summed E-state index contributed by atoms with van der Waals surface area (Å²) >= 11 is 0. The van der Waals surface area contributed by atoms with E-state index in [1.807, 2.05) is 0 Å². The zero-order valence-electron chi connectivity index (χ0n) is 13.1. The number of aromatic nitrogens is 3. The lowest BCUT2D eigenvalue weighted by Crippen LogP contribution is -2.11. The molecule has 0 spiro atoms. The van der Waals surface area contributed by atoms with Gasteiger partial charge in [-0.15, -0.1) is 5.10 Å². The van der Waals surface area contributed by atoms with Crippen molar-refractivity contribution in [1.82, 2.24) is 15.0 Å². The van der Waals surface area contributed by atoms with Gasteiger partial charge in [-0.1, -0.05) is 5.21 Å². The van der Waals surface area contributed by atoms with Gasteiger partial charge in [-0.05, 0) is 6.92 Å². The van der Waals surface area contributed by atoms with E-state index < -0.39 is 0 Å². The van der Waals surface area contributed by atoms with E-state index in [-0.39, 0.29) is 11.8 Å². The van der Waals surface area contributed by atoms with Gasteiger partial charge in [-0.25, -0.2) is 4.68 Å². The lowest BCUT2D eigenvalue weighted by molar-refractivity contribution is -0.140. The van der Waals surface area contributed by atoms with Crippen LogP contribution in [0.25, 0.3) is 0 Å². The number of nitrogens with zero attached hydrogens (tertiary/aromatic N) is 3. The number of esters is 1. The van der Waals surface area contributed by atoms with E-state index in [0.29, 0.717) is 52.2 Å². The first-order chi connectivity index (χ1) is 10.6. The summed E-state index contributed by atoms with van der Waals surface area (Å²) in [5.41, 5.74) is 0.748. The maximum atomic E-state index is 11.0. The van der Waals surface area contributed by atoms with Crippen molar-refractivity contribution < 1.29 is 23.8 Å². The molecule has 0 bridgehead atoms. The predicted octanol–water partition coefficient (Wildman–Crippen LogP) is 0.396. The molecule has 0 saturated carbocycles. The molecule has 0 aliphatic heterocycles. The highest BCUT2D eigenvalue weighted by molar-refractivity contribution is 5.75. The zero-order valence-corrected chi connectivity index (χ0v) is 13.1. The van der Waals surface area contributed by atoms with Gasteiger partial charge in [0.2, 0.25) is 0 Å². The molecule has 0 saturated heterocycles. The number of hydrogen-bond acceptors (Lipinski definition) is 7. The van der Waals surface area contributed by atoms with Gasteiger partial charge in [-0.2, -0.15) is 0 Å².